The van der Waals surface area contributed by atoms with E-state index in [4.69, 9.17) is 4.74 Å². The topological polar surface area (TPSA) is 32.8 Å². The summed E-state index contributed by atoms with van der Waals surface area (Å²) >= 11 is 3.46. The van der Waals surface area contributed by atoms with Gasteiger partial charge in [0.1, 0.15) is 5.75 Å². The molecular weight excluding hydrogens is 380 g/mol. The van der Waals surface area contributed by atoms with E-state index in [0.717, 1.165) is 17.6 Å². The summed E-state index contributed by atoms with van der Waals surface area (Å²) in [4.78, 5) is 17.2. The molecule has 1 aliphatic rings. The second-order valence-electron chi connectivity index (χ2n) is 6.42. The van der Waals surface area contributed by atoms with E-state index in [9.17, 15) is 4.79 Å². The lowest BCUT2D eigenvalue weighted by Gasteiger charge is -2.36. The number of rotatable bonds is 4. The van der Waals surface area contributed by atoms with E-state index in [-0.39, 0.29) is 12.0 Å². The minimum absolute atomic E-state index is 0.0302. The number of para-hydroxylation sites is 1. The molecular formula is C20H23BrN2O2. The van der Waals surface area contributed by atoms with Gasteiger partial charge in [0, 0.05) is 36.3 Å². The first kappa shape index (κ1) is 17.8. The summed E-state index contributed by atoms with van der Waals surface area (Å²) in [6, 6.07) is 15.9. The average Bonchev–Trinajstić information content (AvgIpc) is 2.63. The molecule has 1 fully saturated rings. The molecule has 2 aromatic rings. The molecule has 2 aromatic carbocycles. The van der Waals surface area contributed by atoms with E-state index in [1.54, 1.807) is 0 Å². The van der Waals surface area contributed by atoms with Gasteiger partial charge in [0.2, 0.25) is 0 Å². The molecule has 0 aromatic heterocycles. The van der Waals surface area contributed by atoms with Gasteiger partial charge in [-0.05, 0) is 44.2 Å². The average molecular weight is 403 g/mol. The standard InChI is InChI=1S/C20H23BrN2O2/c1-15(2)25-19-9-8-16(21)14-18(19)20(24)23-12-10-22(11-13-23)17-6-4-3-5-7-17/h3-9,14-15H,10-13H2,1-2H3. The van der Waals surface area contributed by atoms with Crippen LogP contribution >= 0.6 is 15.9 Å². The summed E-state index contributed by atoms with van der Waals surface area (Å²) in [5, 5.41) is 0. The summed E-state index contributed by atoms with van der Waals surface area (Å²) in [5.41, 5.74) is 1.83. The van der Waals surface area contributed by atoms with Gasteiger partial charge in [0.05, 0.1) is 11.7 Å². The molecule has 0 saturated carbocycles. The maximum atomic E-state index is 13.0. The third kappa shape index (κ3) is 4.34. The van der Waals surface area contributed by atoms with Crippen molar-refractivity contribution in [1.82, 2.24) is 4.90 Å². The molecule has 0 N–H and O–H groups in total. The van der Waals surface area contributed by atoms with Gasteiger partial charge in [-0.25, -0.2) is 0 Å². The number of ether oxygens (including phenoxy) is 1. The van der Waals surface area contributed by atoms with Crippen LogP contribution in [0.5, 0.6) is 5.75 Å². The molecule has 132 valence electrons. The number of benzene rings is 2. The zero-order valence-corrected chi connectivity index (χ0v) is 16.2. The lowest BCUT2D eigenvalue weighted by atomic mass is 10.1. The third-order valence-electron chi connectivity index (χ3n) is 4.22. The smallest absolute Gasteiger partial charge is 0.257 e. The van der Waals surface area contributed by atoms with Crippen molar-refractivity contribution in [3.05, 3.63) is 58.6 Å². The molecule has 3 rings (SSSR count). The predicted octanol–water partition coefficient (Wildman–Crippen LogP) is 4.20. The van der Waals surface area contributed by atoms with Gasteiger partial charge in [-0.1, -0.05) is 34.1 Å². The Balaban J connectivity index is 1.71. The van der Waals surface area contributed by atoms with Crippen molar-refractivity contribution >= 4 is 27.5 Å². The number of halogens is 1. The highest BCUT2D eigenvalue weighted by molar-refractivity contribution is 9.10. The van der Waals surface area contributed by atoms with Crippen molar-refractivity contribution in [2.75, 3.05) is 31.1 Å². The highest BCUT2D eigenvalue weighted by Crippen LogP contribution is 2.26. The number of anilines is 1. The van der Waals surface area contributed by atoms with Gasteiger partial charge in [0.15, 0.2) is 0 Å². The molecule has 25 heavy (non-hydrogen) atoms. The fraction of sp³-hybridized carbons (Fsp3) is 0.350. The first-order valence-corrected chi connectivity index (χ1v) is 9.39. The predicted molar refractivity (Wildman–Crippen MR) is 104 cm³/mol. The van der Waals surface area contributed by atoms with Crippen molar-refractivity contribution in [3.8, 4) is 5.75 Å². The molecule has 5 heteroatoms. The summed E-state index contributed by atoms with van der Waals surface area (Å²) in [6.45, 7) is 7.03. The summed E-state index contributed by atoms with van der Waals surface area (Å²) < 4.78 is 6.71. The van der Waals surface area contributed by atoms with Crippen LogP contribution in [0.3, 0.4) is 0 Å². The Bertz CT molecular complexity index is 726. The Morgan fingerprint density at radius 1 is 1.04 bits per heavy atom. The number of carbonyl (C=O) groups is 1. The van der Waals surface area contributed by atoms with Crippen LogP contribution in [0.1, 0.15) is 24.2 Å². The summed E-state index contributed by atoms with van der Waals surface area (Å²) in [5.74, 6) is 0.679. The van der Waals surface area contributed by atoms with E-state index >= 15 is 0 Å². The van der Waals surface area contributed by atoms with Crippen LogP contribution in [-0.4, -0.2) is 43.1 Å². The highest BCUT2D eigenvalue weighted by atomic mass is 79.9. The van der Waals surface area contributed by atoms with Crippen LogP contribution in [0, 0.1) is 0 Å². The molecule has 0 aliphatic carbocycles. The molecule has 1 amide bonds. The fourth-order valence-electron chi connectivity index (χ4n) is 3.00. The molecule has 1 aliphatic heterocycles. The number of piperazine rings is 1. The number of hydrogen-bond acceptors (Lipinski definition) is 3. The molecule has 0 bridgehead atoms. The molecule has 0 radical (unpaired) electrons. The van der Waals surface area contributed by atoms with Crippen LogP contribution in [0.25, 0.3) is 0 Å². The second-order valence-corrected chi connectivity index (χ2v) is 7.34. The van der Waals surface area contributed by atoms with Crippen LogP contribution in [0.4, 0.5) is 5.69 Å². The molecule has 0 spiro atoms. The van der Waals surface area contributed by atoms with E-state index in [1.807, 2.05) is 55.1 Å². The van der Waals surface area contributed by atoms with Crippen molar-refractivity contribution in [1.29, 1.82) is 0 Å². The molecule has 0 atom stereocenters. The summed E-state index contributed by atoms with van der Waals surface area (Å²) in [6.07, 6.45) is 0.0302. The van der Waals surface area contributed by atoms with E-state index in [2.05, 4.69) is 33.0 Å². The quantitative estimate of drug-likeness (QED) is 0.767. The maximum absolute atomic E-state index is 13.0. The monoisotopic (exact) mass is 402 g/mol. The van der Waals surface area contributed by atoms with Gasteiger partial charge in [-0.3, -0.25) is 4.79 Å². The lowest BCUT2D eigenvalue weighted by molar-refractivity contribution is 0.0740. The van der Waals surface area contributed by atoms with Gasteiger partial charge < -0.3 is 14.5 Å². The van der Waals surface area contributed by atoms with Crippen molar-refractivity contribution in [2.24, 2.45) is 0 Å². The minimum Gasteiger partial charge on any atom is -0.490 e. The van der Waals surface area contributed by atoms with Gasteiger partial charge >= 0.3 is 0 Å². The highest BCUT2D eigenvalue weighted by Gasteiger charge is 2.25. The third-order valence-corrected chi connectivity index (χ3v) is 4.72. The summed E-state index contributed by atoms with van der Waals surface area (Å²) in [7, 11) is 0. The Kier molecular flexibility index (Phi) is 5.63. The Hall–Kier alpha value is -2.01. The Morgan fingerprint density at radius 3 is 2.36 bits per heavy atom. The first-order chi connectivity index (χ1) is 12.0. The van der Waals surface area contributed by atoms with Crippen LogP contribution in [0.15, 0.2) is 53.0 Å². The van der Waals surface area contributed by atoms with E-state index < -0.39 is 0 Å². The van der Waals surface area contributed by atoms with Gasteiger partial charge in [-0.2, -0.15) is 0 Å². The van der Waals surface area contributed by atoms with Crippen molar-refractivity contribution in [2.45, 2.75) is 20.0 Å². The van der Waals surface area contributed by atoms with Crippen molar-refractivity contribution < 1.29 is 9.53 Å². The molecule has 1 saturated heterocycles. The van der Waals surface area contributed by atoms with Crippen molar-refractivity contribution in [3.63, 3.8) is 0 Å². The lowest BCUT2D eigenvalue weighted by Crippen LogP contribution is -2.48. The number of carbonyl (C=O) groups excluding carboxylic acids is 1. The fourth-order valence-corrected chi connectivity index (χ4v) is 3.36. The van der Waals surface area contributed by atoms with Crippen LogP contribution in [-0.2, 0) is 0 Å². The zero-order valence-electron chi connectivity index (χ0n) is 14.6. The maximum Gasteiger partial charge on any atom is 0.257 e. The first-order valence-electron chi connectivity index (χ1n) is 8.60. The molecule has 4 nitrogen and oxygen atoms in total. The number of hydrogen-bond donors (Lipinski definition) is 0. The zero-order chi connectivity index (χ0) is 17.8. The normalized spacial score (nSPS) is 14.7. The number of nitrogens with zero attached hydrogens (tertiary/aromatic N) is 2. The Morgan fingerprint density at radius 2 is 1.72 bits per heavy atom. The number of amides is 1. The van der Waals surface area contributed by atoms with E-state index in [0.29, 0.717) is 24.4 Å². The van der Waals surface area contributed by atoms with Gasteiger partial charge in [-0.15, -0.1) is 0 Å². The molecule has 0 unspecified atom stereocenters. The van der Waals surface area contributed by atoms with E-state index in [1.165, 1.54) is 5.69 Å². The van der Waals surface area contributed by atoms with Crippen LogP contribution in [0.2, 0.25) is 0 Å². The largest absolute Gasteiger partial charge is 0.490 e. The second kappa shape index (κ2) is 7.91. The minimum atomic E-state index is 0.0302. The molecule has 1 heterocycles. The SMILES string of the molecule is CC(C)Oc1ccc(Br)cc1C(=O)N1CCN(c2ccccc2)CC1. The Labute approximate surface area is 157 Å². The van der Waals surface area contributed by atoms with Crippen LogP contribution < -0.4 is 9.64 Å². The van der Waals surface area contributed by atoms with Gasteiger partial charge in [0.25, 0.3) is 5.91 Å².